The summed E-state index contributed by atoms with van der Waals surface area (Å²) in [5.74, 6) is 0. The molecule has 2 rings (SSSR count). The predicted molar refractivity (Wildman–Crippen MR) is 86.8 cm³/mol. The Morgan fingerprint density at radius 3 is 2.60 bits per heavy atom. The SMILES string of the molecule is CCCCC1(CN(C)C)CCN(Cc2ccccc2)C1. The van der Waals surface area contributed by atoms with Crippen LogP contribution in [0.4, 0.5) is 0 Å². The molecule has 1 saturated heterocycles. The van der Waals surface area contributed by atoms with Gasteiger partial charge in [0.15, 0.2) is 0 Å². The highest BCUT2D eigenvalue weighted by Gasteiger charge is 2.37. The highest BCUT2D eigenvalue weighted by atomic mass is 15.2. The van der Waals surface area contributed by atoms with Gasteiger partial charge in [-0.3, -0.25) is 4.90 Å². The molecule has 0 aromatic heterocycles. The van der Waals surface area contributed by atoms with Crippen LogP contribution in [-0.2, 0) is 6.54 Å². The summed E-state index contributed by atoms with van der Waals surface area (Å²) in [6, 6.07) is 10.9. The second-order valence-electron chi connectivity index (χ2n) is 6.79. The van der Waals surface area contributed by atoms with E-state index in [1.54, 1.807) is 0 Å². The van der Waals surface area contributed by atoms with Crippen LogP contribution in [0.1, 0.15) is 38.2 Å². The number of benzene rings is 1. The number of hydrogen-bond acceptors (Lipinski definition) is 2. The Hall–Kier alpha value is -0.860. The minimum atomic E-state index is 0.522. The van der Waals surface area contributed by atoms with E-state index >= 15 is 0 Å². The van der Waals surface area contributed by atoms with Gasteiger partial charge in [0.1, 0.15) is 0 Å². The minimum Gasteiger partial charge on any atom is -0.309 e. The number of likely N-dealkylation sites (tertiary alicyclic amines) is 1. The molecule has 112 valence electrons. The topological polar surface area (TPSA) is 6.48 Å². The fourth-order valence-corrected chi connectivity index (χ4v) is 3.64. The number of rotatable bonds is 7. The van der Waals surface area contributed by atoms with E-state index in [4.69, 9.17) is 0 Å². The molecule has 20 heavy (non-hydrogen) atoms. The summed E-state index contributed by atoms with van der Waals surface area (Å²) in [4.78, 5) is 5.02. The van der Waals surface area contributed by atoms with E-state index in [0.29, 0.717) is 5.41 Å². The Bertz CT molecular complexity index is 388. The van der Waals surface area contributed by atoms with Crippen LogP contribution in [0, 0.1) is 5.41 Å². The molecule has 1 atom stereocenters. The van der Waals surface area contributed by atoms with Gasteiger partial charge in [0.2, 0.25) is 0 Å². The summed E-state index contributed by atoms with van der Waals surface area (Å²) < 4.78 is 0. The van der Waals surface area contributed by atoms with Crippen LogP contribution in [-0.4, -0.2) is 43.5 Å². The summed E-state index contributed by atoms with van der Waals surface area (Å²) in [7, 11) is 4.43. The summed E-state index contributed by atoms with van der Waals surface area (Å²) >= 11 is 0. The maximum atomic E-state index is 2.65. The van der Waals surface area contributed by atoms with Gasteiger partial charge in [-0.1, -0.05) is 50.1 Å². The van der Waals surface area contributed by atoms with Crippen molar-refractivity contribution in [1.29, 1.82) is 0 Å². The second kappa shape index (κ2) is 7.24. The summed E-state index contributed by atoms with van der Waals surface area (Å²) in [6.45, 7) is 7.17. The van der Waals surface area contributed by atoms with Gasteiger partial charge in [0, 0.05) is 19.6 Å². The Labute approximate surface area is 124 Å². The van der Waals surface area contributed by atoms with Crippen LogP contribution in [0.25, 0.3) is 0 Å². The first kappa shape index (κ1) is 15.5. The van der Waals surface area contributed by atoms with E-state index in [1.807, 2.05) is 0 Å². The van der Waals surface area contributed by atoms with Crippen LogP contribution in [0.3, 0.4) is 0 Å². The first-order valence-corrected chi connectivity index (χ1v) is 8.04. The van der Waals surface area contributed by atoms with Crippen LogP contribution in [0.5, 0.6) is 0 Å². The van der Waals surface area contributed by atoms with Crippen molar-refractivity contribution in [1.82, 2.24) is 9.80 Å². The van der Waals surface area contributed by atoms with E-state index in [-0.39, 0.29) is 0 Å². The molecule has 1 unspecified atom stereocenters. The summed E-state index contributed by atoms with van der Waals surface area (Å²) in [6.07, 6.45) is 5.42. The van der Waals surface area contributed by atoms with Crippen LogP contribution in [0.15, 0.2) is 30.3 Å². The van der Waals surface area contributed by atoms with Crippen molar-refractivity contribution < 1.29 is 0 Å². The first-order chi connectivity index (χ1) is 9.63. The predicted octanol–water partition coefficient (Wildman–Crippen LogP) is 3.63. The first-order valence-electron chi connectivity index (χ1n) is 8.04. The molecule has 0 bridgehead atoms. The number of nitrogens with zero attached hydrogens (tertiary/aromatic N) is 2. The van der Waals surface area contributed by atoms with Gasteiger partial charge in [-0.25, -0.2) is 0 Å². The number of hydrogen-bond donors (Lipinski definition) is 0. The van der Waals surface area contributed by atoms with Crippen molar-refractivity contribution in [2.75, 3.05) is 33.7 Å². The molecule has 1 fully saturated rings. The van der Waals surface area contributed by atoms with Gasteiger partial charge in [0.05, 0.1) is 0 Å². The average Bonchev–Trinajstić information content (AvgIpc) is 2.80. The van der Waals surface area contributed by atoms with Crippen molar-refractivity contribution in [2.24, 2.45) is 5.41 Å². The fourth-order valence-electron chi connectivity index (χ4n) is 3.64. The van der Waals surface area contributed by atoms with Gasteiger partial charge >= 0.3 is 0 Å². The molecule has 0 aliphatic carbocycles. The Morgan fingerprint density at radius 1 is 1.20 bits per heavy atom. The standard InChI is InChI=1S/C18H30N2/c1-4-5-11-18(15-19(2)3)12-13-20(16-18)14-17-9-7-6-8-10-17/h6-10H,4-5,11-16H2,1-3H3. The molecular formula is C18H30N2. The monoisotopic (exact) mass is 274 g/mol. The lowest BCUT2D eigenvalue weighted by molar-refractivity contribution is 0.172. The molecule has 2 nitrogen and oxygen atoms in total. The van der Waals surface area contributed by atoms with Gasteiger partial charge < -0.3 is 4.90 Å². The quantitative estimate of drug-likeness (QED) is 0.749. The van der Waals surface area contributed by atoms with Crippen molar-refractivity contribution in [3.63, 3.8) is 0 Å². The highest BCUT2D eigenvalue weighted by molar-refractivity contribution is 5.14. The van der Waals surface area contributed by atoms with E-state index < -0.39 is 0 Å². The molecule has 0 amide bonds. The third-order valence-electron chi connectivity index (χ3n) is 4.48. The maximum absolute atomic E-state index is 2.65. The normalized spacial score (nSPS) is 23.6. The van der Waals surface area contributed by atoms with Gasteiger partial charge in [0.25, 0.3) is 0 Å². The second-order valence-corrected chi connectivity index (χ2v) is 6.79. The summed E-state index contributed by atoms with van der Waals surface area (Å²) in [5, 5.41) is 0. The molecule has 1 aromatic rings. The molecular weight excluding hydrogens is 244 g/mol. The smallest absolute Gasteiger partial charge is 0.0233 e. The Morgan fingerprint density at radius 2 is 1.95 bits per heavy atom. The molecule has 1 aliphatic rings. The Balaban J connectivity index is 1.95. The molecule has 0 saturated carbocycles. The van der Waals surface area contributed by atoms with E-state index in [0.717, 1.165) is 6.54 Å². The molecule has 0 radical (unpaired) electrons. The highest BCUT2D eigenvalue weighted by Crippen LogP contribution is 2.36. The maximum Gasteiger partial charge on any atom is 0.0233 e. The zero-order valence-corrected chi connectivity index (χ0v) is 13.4. The van der Waals surface area contributed by atoms with Crippen molar-refractivity contribution >= 4 is 0 Å². The van der Waals surface area contributed by atoms with Crippen LogP contribution < -0.4 is 0 Å². The molecule has 2 heteroatoms. The Kier molecular flexibility index (Phi) is 5.62. The molecule has 1 aromatic carbocycles. The molecule has 1 aliphatic heterocycles. The lowest BCUT2D eigenvalue weighted by Gasteiger charge is -2.32. The van der Waals surface area contributed by atoms with Crippen LogP contribution >= 0.6 is 0 Å². The van der Waals surface area contributed by atoms with Gasteiger partial charge in [-0.2, -0.15) is 0 Å². The zero-order chi connectivity index (χ0) is 14.4. The van der Waals surface area contributed by atoms with Crippen LogP contribution in [0.2, 0.25) is 0 Å². The third-order valence-corrected chi connectivity index (χ3v) is 4.48. The van der Waals surface area contributed by atoms with E-state index in [1.165, 1.54) is 50.9 Å². The lowest BCUT2D eigenvalue weighted by atomic mass is 9.81. The van der Waals surface area contributed by atoms with Crippen molar-refractivity contribution in [3.05, 3.63) is 35.9 Å². The van der Waals surface area contributed by atoms with Gasteiger partial charge in [-0.05, 0) is 44.5 Å². The third kappa shape index (κ3) is 4.32. The molecule has 1 heterocycles. The lowest BCUT2D eigenvalue weighted by Crippen LogP contribution is -2.36. The fraction of sp³-hybridized carbons (Fsp3) is 0.667. The van der Waals surface area contributed by atoms with Crippen molar-refractivity contribution in [2.45, 2.75) is 39.2 Å². The summed E-state index contributed by atoms with van der Waals surface area (Å²) in [5.41, 5.74) is 1.97. The molecule has 0 spiro atoms. The van der Waals surface area contributed by atoms with Gasteiger partial charge in [-0.15, -0.1) is 0 Å². The average molecular weight is 274 g/mol. The van der Waals surface area contributed by atoms with Crippen molar-refractivity contribution in [3.8, 4) is 0 Å². The largest absolute Gasteiger partial charge is 0.309 e. The van der Waals surface area contributed by atoms with E-state index in [2.05, 4.69) is 61.2 Å². The molecule has 0 N–H and O–H groups in total. The number of unbranched alkanes of at least 4 members (excludes halogenated alkanes) is 1. The minimum absolute atomic E-state index is 0.522. The zero-order valence-electron chi connectivity index (χ0n) is 13.4. The van der Waals surface area contributed by atoms with E-state index in [9.17, 15) is 0 Å².